The lowest BCUT2D eigenvalue weighted by molar-refractivity contribution is -0.0135. The fraction of sp³-hybridized carbons (Fsp3) is 0.667. The molecule has 1 saturated heterocycles. The summed E-state index contributed by atoms with van der Waals surface area (Å²) in [6.07, 6.45) is 3.52. The standard InChI is InChI=1S/C15H26N4O/c1-15(2,3)20-11-10-18-6-8-19(9-7-18)14-4-5-17-12-13(14)16/h4-5,12H,6-11,16H2,1-3H3. The quantitative estimate of drug-likeness (QED) is 0.906. The second-order valence-corrected chi connectivity index (χ2v) is 6.22. The van der Waals surface area contributed by atoms with Crippen LogP contribution >= 0.6 is 0 Å². The molecule has 0 saturated carbocycles. The van der Waals surface area contributed by atoms with E-state index in [0.29, 0.717) is 0 Å². The lowest BCUT2D eigenvalue weighted by Gasteiger charge is -2.36. The number of ether oxygens (including phenoxy) is 1. The number of nitrogens with zero attached hydrogens (tertiary/aromatic N) is 3. The second-order valence-electron chi connectivity index (χ2n) is 6.22. The third-order valence-electron chi connectivity index (χ3n) is 3.48. The summed E-state index contributed by atoms with van der Waals surface area (Å²) in [6.45, 7) is 12.2. The fourth-order valence-corrected chi connectivity index (χ4v) is 2.38. The van der Waals surface area contributed by atoms with Gasteiger partial charge in [0.25, 0.3) is 0 Å². The van der Waals surface area contributed by atoms with Gasteiger partial charge in [0.1, 0.15) is 0 Å². The average Bonchev–Trinajstić information content (AvgIpc) is 2.39. The molecule has 0 aliphatic carbocycles. The molecule has 0 amide bonds. The minimum Gasteiger partial charge on any atom is -0.396 e. The highest BCUT2D eigenvalue weighted by atomic mass is 16.5. The van der Waals surface area contributed by atoms with Gasteiger partial charge in [-0.2, -0.15) is 0 Å². The van der Waals surface area contributed by atoms with E-state index in [9.17, 15) is 0 Å². The highest BCUT2D eigenvalue weighted by Crippen LogP contribution is 2.22. The Kier molecular flexibility index (Phi) is 4.83. The Hall–Kier alpha value is -1.33. The Labute approximate surface area is 121 Å². The first-order valence-electron chi connectivity index (χ1n) is 7.26. The monoisotopic (exact) mass is 278 g/mol. The zero-order chi connectivity index (χ0) is 14.6. The van der Waals surface area contributed by atoms with Gasteiger partial charge in [0.2, 0.25) is 0 Å². The predicted molar refractivity (Wildman–Crippen MR) is 83.0 cm³/mol. The Morgan fingerprint density at radius 3 is 2.55 bits per heavy atom. The summed E-state index contributed by atoms with van der Waals surface area (Å²) in [5.74, 6) is 0. The minimum absolute atomic E-state index is 0.0483. The number of nitrogen functional groups attached to an aromatic ring is 1. The number of hydrogen-bond donors (Lipinski definition) is 1. The van der Waals surface area contributed by atoms with Crippen LogP contribution in [-0.4, -0.2) is 54.8 Å². The molecule has 0 atom stereocenters. The van der Waals surface area contributed by atoms with E-state index in [0.717, 1.165) is 50.7 Å². The number of anilines is 2. The first-order valence-corrected chi connectivity index (χ1v) is 7.26. The van der Waals surface area contributed by atoms with Crippen LogP contribution in [0.1, 0.15) is 20.8 Å². The Morgan fingerprint density at radius 1 is 1.25 bits per heavy atom. The van der Waals surface area contributed by atoms with E-state index < -0.39 is 0 Å². The van der Waals surface area contributed by atoms with Gasteiger partial charge in [-0.15, -0.1) is 0 Å². The van der Waals surface area contributed by atoms with Crippen molar-refractivity contribution in [3.05, 3.63) is 18.5 Å². The molecular formula is C15H26N4O. The first kappa shape index (κ1) is 15.1. The molecule has 1 aromatic heterocycles. The van der Waals surface area contributed by atoms with Crippen molar-refractivity contribution >= 4 is 11.4 Å². The van der Waals surface area contributed by atoms with Gasteiger partial charge < -0.3 is 15.4 Å². The fourth-order valence-electron chi connectivity index (χ4n) is 2.38. The lowest BCUT2D eigenvalue weighted by Crippen LogP contribution is -2.47. The van der Waals surface area contributed by atoms with Crippen LogP contribution < -0.4 is 10.6 Å². The van der Waals surface area contributed by atoms with E-state index in [-0.39, 0.29) is 5.60 Å². The average molecular weight is 278 g/mol. The van der Waals surface area contributed by atoms with Gasteiger partial charge in [0.05, 0.1) is 29.8 Å². The summed E-state index contributed by atoms with van der Waals surface area (Å²) in [5, 5.41) is 0. The molecule has 5 heteroatoms. The molecule has 1 aliphatic heterocycles. The van der Waals surface area contributed by atoms with Gasteiger partial charge in [-0.1, -0.05) is 0 Å². The van der Waals surface area contributed by atoms with Crippen molar-refractivity contribution in [2.45, 2.75) is 26.4 Å². The molecular weight excluding hydrogens is 252 g/mol. The van der Waals surface area contributed by atoms with E-state index in [1.807, 2.05) is 6.07 Å². The number of aromatic nitrogens is 1. The molecule has 1 aromatic rings. The third kappa shape index (κ3) is 4.35. The second kappa shape index (κ2) is 6.41. The topological polar surface area (TPSA) is 54.6 Å². The number of piperazine rings is 1. The molecule has 2 N–H and O–H groups in total. The zero-order valence-electron chi connectivity index (χ0n) is 12.8. The van der Waals surface area contributed by atoms with Crippen molar-refractivity contribution in [1.82, 2.24) is 9.88 Å². The van der Waals surface area contributed by atoms with E-state index in [1.165, 1.54) is 0 Å². The summed E-state index contributed by atoms with van der Waals surface area (Å²) in [5.41, 5.74) is 7.79. The molecule has 5 nitrogen and oxygen atoms in total. The highest BCUT2D eigenvalue weighted by molar-refractivity contribution is 5.66. The van der Waals surface area contributed by atoms with Gasteiger partial charge in [0, 0.05) is 38.9 Å². The van der Waals surface area contributed by atoms with Gasteiger partial charge in [0.15, 0.2) is 0 Å². The maximum atomic E-state index is 5.98. The molecule has 112 valence electrons. The molecule has 2 rings (SSSR count). The molecule has 20 heavy (non-hydrogen) atoms. The number of nitrogens with two attached hydrogens (primary N) is 1. The highest BCUT2D eigenvalue weighted by Gasteiger charge is 2.19. The molecule has 0 bridgehead atoms. The van der Waals surface area contributed by atoms with E-state index in [1.54, 1.807) is 12.4 Å². The van der Waals surface area contributed by atoms with E-state index in [2.05, 4.69) is 35.6 Å². The maximum absolute atomic E-state index is 5.98. The van der Waals surface area contributed by atoms with E-state index >= 15 is 0 Å². The summed E-state index contributed by atoms with van der Waals surface area (Å²) < 4.78 is 5.78. The zero-order valence-corrected chi connectivity index (χ0v) is 12.8. The van der Waals surface area contributed by atoms with Crippen LogP contribution in [0.25, 0.3) is 0 Å². The third-order valence-corrected chi connectivity index (χ3v) is 3.48. The SMILES string of the molecule is CC(C)(C)OCCN1CCN(c2ccncc2N)CC1. The molecule has 2 heterocycles. The first-order chi connectivity index (χ1) is 9.46. The summed E-state index contributed by atoms with van der Waals surface area (Å²) >= 11 is 0. The van der Waals surface area contributed by atoms with Crippen LogP contribution in [0.3, 0.4) is 0 Å². The van der Waals surface area contributed by atoms with Crippen molar-refractivity contribution in [3.8, 4) is 0 Å². The number of rotatable bonds is 4. The van der Waals surface area contributed by atoms with Gasteiger partial charge in [-0.05, 0) is 26.8 Å². The van der Waals surface area contributed by atoms with Crippen LogP contribution in [0.15, 0.2) is 18.5 Å². The van der Waals surface area contributed by atoms with Crippen molar-refractivity contribution in [2.75, 3.05) is 50.0 Å². The van der Waals surface area contributed by atoms with Crippen molar-refractivity contribution in [3.63, 3.8) is 0 Å². The molecule has 0 aromatic carbocycles. The molecule has 1 aliphatic rings. The summed E-state index contributed by atoms with van der Waals surface area (Å²) in [4.78, 5) is 8.82. The Bertz CT molecular complexity index is 422. The summed E-state index contributed by atoms with van der Waals surface area (Å²) in [6, 6.07) is 1.99. The van der Waals surface area contributed by atoms with Crippen LogP contribution in [0.2, 0.25) is 0 Å². The van der Waals surface area contributed by atoms with Crippen LogP contribution in [0, 0.1) is 0 Å². The van der Waals surface area contributed by atoms with Gasteiger partial charge in [-0.25, -0.2) is 0 Å². The minimum atomic E-state index is -0.0483. The number of pyridine rings is 1. The van der Waals surface area contributed by atoms with Crippen molar-refractivity contribution in [1.29, 1.82) is 0 Å². The normalized spacial score (nSPS) is 17.4. The molecule has 0 spiro atoms. The smallest absolute Gasteiger partial charge is 0.0738 e. The predicted octanol–water partition coefficient (Wildman–Crippen LogP) is 1.60. The molecule has 0 unspecified atom stereocenters. The van der Waals surface area contributed by atoms with Crippen molar-refractivity contribution < 1.29 is 4.74 Å². The largest absolute Gasteiger partial charge is 0.396 e. The van der Waals surface area contributed by atoms with Crippen molar-refractivity contribution in [2.24, 2.45) is 0 Å². The maximum Gasteiger partial charge on any atom is 0.0738 e. The Balaban J connectivity index is 1.77. The van der Waals surface area contributed by atoms with Crippen LogP contribution in [-0.2, 0) is 4.74 Å². The molecule has 1 fully saturated rings. The number of hydrogen-bond acceptors (Lipinski definition) is 5. The van der Waals surface area contributed by atoms with Gasteiger partial charge >= 0.3 is 0 Å². The molecule has 0 radical (unpaired) electrons. The summed E-state index contributed by atoms with van der Waals surface area (Å²) in [7, 11) is 0. The van der Waals surface area contributed by atoms with Crippen LogP contribution in [0.4, 0.5) is 11.4 Å². The van der Waals surface area contributed by atoms with Crippen LogP contribution in [0.5, 0.6) is 0 Å². The van der Waals surface area contributed by atoms with Gasteiger partial charge in [-0.3, -0.25) is 9.88 Å². The Morgan fingerprint density at radius 2 is 1.95 bits per heavy atom. The van der Waals surface area contributed by atoms with E-state index in [4.69, 9.17) is 10.5 Å². The lowest BCUT2D eigenvalue weighted by atomic mass is 10.2.